The topological polar surface area (TPSA) is 67.2 Å². The van der Waals surface area contributed by atoms with E-state index in [0.29, 0.717) is 24.9 Å². The number of aromatic carboxylic acids is 1. The molecule has 1 aliphatic carbocycles. The zero-order valence-corrected chi connectivity index (χ0v) is 14.3. The van der Waals surface area contributed by atoms with Crippen molar-refractivity contribution >= 4 is 5.97 Å². The molecule has 0 radical (unpaired) electrons. The average Bonchev–Trinajstić information content (AvgIpc) is 2.97. The van der Waals surface area contributed by atoms with Crippen molar-refractivity contribution in [1.82, 2.24) is 15.1 Å². The standard InChI is InChI=1S/C18H20F3N3O2/c1-2-24-15-8-7-12(9-13(15)16(23-24)17(25)26)22-10-11-5-3-4-6-14(11)18(19,20)21/h3-6,12,22H,2,7-10H2,1H3,(H,25,26). The summed E-state index contributed by atoms with van der Waals surface area (Å²) in [5.74, 6) is -1.07. The van der Waals surface area contributed by atoms with Gasteiger partial charge in [-0.15, -0.1) is 0 Å². The molecule has 0 fully saturated rings. The lowest BCUT2D eigenvalue weighted by Crippen LogP contribution is -2.35. The van der Waals surface area contributed by atoms with Crippen molar-refractivity contribution in [3.63, 3.8) is 0 Å². The van der Waals surface area contributed by atoms with Crippen molar-refractivity contribution in [3.05, 3.63) is 52.3 Å². The van der Waals surface area contributed by atoms with E-state index < -0.39 is 17.7 Å². The second-order valence-electron chi connectivity index (χ2n) is 6.37. The maximum atomic E-state index is 13.1. The predicted octanol–water partition coefficient (Wildman–Crippen LogP) is 3.27. The van der Waals surface area contributed by atoms with E-state index in [-0.39, 0.29) is 23.8 Å². The number of benzene rings is 1. The molecule has 0 bridgehead atoms. The maximum absolute atomic E-state index is 13.1. The van der Waals surface area contributed by atoms with Crippen molar-refractivity contribution in [1.29, 1.82) is 0 Å². The summed E-state index contributed by atoms with van der Waals surface area (Å²) in [6.45, 7) is 2.57. The van der Waals surface area contributed by atoms with Crippen molar-refractivity contribution < 1.29 is 23.1 Å². The number of halogens is 3. The van der Waals surface area contributed by atoms with Gasteiger partial charge in [-0.05, 0) is 37.8 Å². The lowest BCUT2D eigenvalue weighted by molar-refractivity contribution is -0.138. The molecule has 140 valence electrons. The van der Waals surface area contributed by atoms with Gasteiger partial charge in [0.15, 0.2) is 5.69 Å². The lowest BCUT2D eigenvalue weighted by atomic mass is 9.91. The van der Waals surface area contributed by atoms with E-state index >= 15 is 0 Å². The fraction of sp³-hybridized carbons (Fsp3) is 0.444. The van der Waals surface area contributed by atoms with Crippen molar-refractivity contribution in [2.45, 2.75) is 51.5 Å². The highest BCUT2D eigenvalue weighted by molar-refractivity contribution is 5.87. The average molecular weight is 367 g/mol. The Hall–Kier alpha value is -2.35. The van der Waals surface area contributed by atoms with Crippen LogP contribution in [-0.2, 0) is 32.1 Å². The first-order valence-electron chi connectivity index (χ1n) is 8.51. The highest BCUT2D eigenvalue weighted by atomic mass is 19.4. The van der Waals surface area contributed by atoms with Gasteiger partial charge in [-0.3, -0.25) is 4.68 Å². The summed E-state index contributed by atoms with van der Waals surface area (Å²) < 4.78 is 41.0. The summed E-state index contributed by atoms with van der Waals surface area (Å²) in [5.41, 5.74) is 1.19. The third-order valence-electron chi connectivity index (χ3n) is 4.75. The maximum Gasteiger partial charge on any atom is 0.416 e. The van der Waals surface area contributed by atoms with Crippen LogP contribution in [0.2, 0.25) is 0 Å². The number of alkyl halides is 3. The number of carbonyl (C=O) groups is 1. The van der Waals surface area contributed by atoms with E-state index in [1.807, 2.05) is 6.92 Å². The number of aryl methyl sites for hydroxylation is 1. The molecule has 0 aliphatic heterocycles. The van der Waals surface area contributed by atoms with E-state index in [1.54, 1.807) is 10.7 Å². The van der Waals surface area contributed by atoms with Crippen LogP contribution >= 0.6 is 0 Å². The minimum atomic E-state index is -4.39. The van der Waals surface area contributed by atoms with Crippen LogP contribution in [0, 0.1) is 0 Å². The Morgan fingerprint density at radius 3 is 2.77 bits per heavy atom. The third-order valence-corrected chi connectivity index (χ3v) is 4.75. The van der Waals surface area contributed by atoms with Crippen LogP contribution in [0.25, 0.3) is 0 Å². The Bertz CT molecular complexity index is 814. The zero-order valence-electron chi connectivity index (χ0n) is 14.3. The number of rotatable bonds is 5. The van der Waals surface area contributed by atoms with Crippen LogP contribution in [0.1, 0.15) is 46.2 Å². The molecule has 1 aliphatic rings. The molecule has 1 unspecified atom stereocenters. The van der Waals surface area contributed by atoms with Gasteiger partial charge in [-0.25, -0.2) is 4.79 Å². The molecular formula is C18H20F3N3O2. The first kappa shape index (κ1) is 18.4. The van der Waals surface area contributed by atoms with Crippen LogP contribution in [0.5, 0.6) is 0 Å². The molecule has 0 spiro atoms. The van der Waals surface area contributed by atoms with Crippen LogP contribution in [0.3, 0.4) is 0 Å². The summed E-state index contributed by atoms with van der Waals surface area (Å²) in [6, 6.07) is 5.40. The van der Waals surface area contributed by atoms with Gasteiger partial charge >= 0.3 is 12.1 Å². The summed E-state index contributed by atoms with van der Waals surface area (Å²) in [7, 11) is 0. The summed E-state index contributed by atoms with van der Waals surface area (Å²) in [6.07, 6.45) is -2.56. The molecule has 0 saturated heterocycles. The van der Waals surface area contributed by atoms with Crippen LogP contribution in [-0.4, -0.2) is 26.9 Å². The fourth-order valence-electron chi connectivity index (χ4n) is 3.50. The highest BCUT2D eigenvalue weighted by Gasteiger charge is 2.33. The van der Waals surface area contributed by atoms with E-state index in [2.05, 4.69) is 10.4 Å². The predicted molar refractivity (Wildman–Crippen MR) is 89.0 cm³/mol. The molecule has 2 aromatic rings. The molecule has 1 aromatic heterocycles. The number of fused-ring (bicyclic) bond motifs is 1. The summed E-state index contributed by atoms with van der Waals surface area (Å²) >= 11 is 0. The van der Waals surface area contributed by atoms with Crippen molar-refractivity contribution in [2.24, 2.45) is 0 Å². The van der Waals surface area contributed by atoms with Gasteiger partial charge in [0, 0.05) is 30.4 Å². The van der Waals surface area contributed by atoms with Crippen LogP contribution in [0.15, 0.2) is 24.3 Å². The Labute approximate surface area is 148 Å². The first-order chi connectivity index (χ1) is 12.3. The molecule has 8 heteroatoms. The Kier molecular flexibility index (Phi) is 5.04. The molecule has 3 rings (SSSR count). The number of nitrogens with zero attached hydrogens (tertiary/aromatic N) is 2. The Balaban J connectivity index is 1.75. The monoisotopic (exact) mass is 367 g/mol. The summed E-state index contributed by atoms with van der Waals surface area (Å²) in [5, 5.41) is 16.7. The minimum absolute atomic E-state index is 0.0454. The third kappa shape index (κ3) is 3.60. The molecule has 2 N–H and O–H groups in total. The van der Waals surface area contributed by atoms with Gasteiger partial charge in [-0.1, -0.05) is 18.2 Å². The normalized spacial score (nSPS) is 17.2. The van der Waals surface area contributed by atoms with E-state index in [9.17, 15) is 23.1 Å². The van der Waals surface area contributed by atoms with Crippen molar-refractivity contribution in [3.8, 4) is 0 Å². The number of hydrogen-bond acceptors (Lipinski definition) is 3. The Morgan fingerprint density at radius 2 is 2.12 bits per heavy atom. The fourth-order valence-corrected chi connectivity index (χ4v) is 3.50. The van der Waals surface area contributed by atoms with Crippen LogP contribution < -0.4 is 5.32 Å². The number of carboxylic acids is 1. The molecule has 0 saturated carbocycles. The molecule has 1 aromatic carbocycles. The summed E-state index contributed by atoms with van der Waals surface area (Å²) in [4.78, 5) is 11.4. The second-order valence-corrected chi connectivity index (χ2v) is 6.37. The van der Waals surface area contributed by atoms with Gasteiger partial charge in [0.1, 0.15) is 0 Å². The van der Waals surface area contributed by atoms with Gasteiger partial charge < -0.3 is 10.4 Å². The smallest absolute Gasteiger partial charge is 0.416 e. The first-order valence-corrected chi connectivity index (χ1v) is 8.51. The number of carboxylic acid groups (broad SMARTS) is 1. The van der Waals surface area contributed by atoms with E-state index in [1.165, 1.54) is 12.1 Å². The number of hydrogen-bond donors (Lipinski definition) is 2. The Morgan fingerprint density at radius 1 is 1.38 bits per heavy atom. The van der Waals surface area contributed by atoms with Gasteiger partial charge in [0.2, 0.25) is 0 Å². The lowest BCUT2D eigenvalue weighted by Gasteiger charge is -2.25. The molecule has 1 heterocycles. The molecule has 1 atom stereocenters. The van der Waals surface area contributed by atoms with Gasteiger partial charge in [0.25, 0.3) is 0 Å². The molecule has 5 nitrogen and oxygen atoms in total. The minimum Gasteiger partial charge on any atom is -0.476 e. The second kappa shape index (κ2) is 7.11. The zero-order chi connectivity index (χ0) is 18.9. The SMILES string of the molecule is CCn1nc(C(=O)O)c2c1CCC(NCc1ccccc1C(F)(F)F)C2. The quantitative estimate of drug-likeness (QED) is 0.851. The molecule has 0 amide bonds. The van der Waals surface area contributed by atoms with Crippen molar-refractivity contribution in [2.75, 3.05) is 0 Å². The van der Waals surface area contributed by atoms with Gasteiger partial charge in [0.05, 0.1) is 5.56 Å². The number of aromatic nitrogens is 2. The molecular weight excluding hydrogens is 347 g/mol. The van der Waals surface area contributed by atoms with E-state index in [4.69, 9.17) is 0 Å². The highest BCUT2D eigenvalue weighted by Crippen LogP contribution is 2.32. The van der Waals surface area contributed by atoms with Gasteiger partial charge in [-0.2, -0.15) is 18.3 Å². The number of nitrogens with one attached hydrogen (secondary N) is 1. The van der Waals surface area contributed by atoms with Crippen LogP contribution in [0.4, 0.5) is 13.2 Å². The molecule has 26 heavy (non-hydrogen) atoms. The van der Waals surface area contributed by atoms with E-state index in [0.717, 1.165) is 18.2 Å². The largest absolute Gasteiger partial charge is 0.476 e.